The number of nitrogens with one attached hydrogen (secondary N) is 1. The van der Waals surface area contributed by atoms with E-state index in [1.54, 1.807) is 18.3 Å². The summed E-state index contributed by atoms with van der Waals surface area (Å²) in [4.78, 5) is 9.08. The van der Waals surface area contributed by atoms with Crippen LogP contribution in [0.3, 0.4) is 0 Å². The monoisotopic (exact) mass is 360 g/mol. The Morgan fingerprint density at radius 2 is 1.92 bits per heavy atom. The van der Waals surface area contributed by atoms with Gasteiger partial charge in [0.25, 0.3) is 0 Å². The maximum absolute atomic E-state index is 11.8. The largest absolute Gasteiger partial charge is 0.354 e. The molecule has 0 aliphatic heterocycles. The summed E-state index contributed by atoms with van der Waals surface area (Å²) in [7, 11) is -3.72. The first-order valence-corrected chi connectivity index (χ1v) is 9.88. The molecule has 1 saturated carbocycles. The molecule has 0 spiro atoms. The van der Waals surface area contributed by atoms with Gasteiger partial charge in [-0.1, -0.05) is 39.0 Å². The summed E-state index contributed by atoms with van der Waals surface area (Å²) in [5, 5.41) is 8.61. The van der Waals surface area contributed by atoms with E-state index in [4.69, 9.17) is 5.14 Å². The minimum absolute atomic E-state index is 0.125. The molecular weight excluding hydrogens is 336 g/mol. The van der Waals surface area contributed by atoms with Crippen molar-refractivity contribution in [1.82, 2.24) is 9.97 Å². The van der Waals surface area contributed by atoms with E-state index < -0.39 is 10.0 Å². The number of nitrogens with zero attached hydrogens (tertiary/aromatic N) is 2. The molecular formula is C18H24N4O2S. The van der Waals surface area contributed by atoms with Gasteiger partial charge in [0.1, 0.15) is 0 Å². The zero-order valence-corrected chi connectivity index (χ0v) is 15.5. The Bertz CT molecular complexity index is 875. The highest BCUT2D eigenvalue weighted by Crippen LogP contribution is 2.55. The Labute approximate surface area is 148 Å². The number of primary sulfonamides is 1. The van der Waals surface area contributed by atoms with E-state index >= 15 is 0 Å². The van der Waals surface area contributed by atoms with Crippen molar-refractivity contribution in [2.75, 3.05) is 11.9 Å². The van der Waals surface area contributed by atoms with E-state index in [0.717, 1.165) is 24.2 Å². The summed E-state index contributed by atoms with van der Waals surface area (Å²) in [6, 6.07) is 8.84. The molecule has 0 amide bonds. The van der Waals surface area contributed by atoms with Crippen LogP contribution in [0, 0.1) is 5.41 Å². The lowest BCUT2D eigenvalue weighted by Gasteiger charge is -2.18. The Kier molecular flexibility index (Phi) is 4.55. The van der Waals surface area contributed by atoms with Crippen molar-refractivity contribution < 1.29 is 8.42 Å². The smallest absolute Gasteiger partial charge is 0.238 e. The minimum atomic E-state index is -3.72. The lowest BCUT2D eigenvalue weighted by molar-refractivity contribution is 0.441. The topological polar surface area (TPSA) is 98.0 Å². The van der Waals surface area contributed by atoms with Gasteiger partial charge in [-0.15, -0.1) is 0 Å². The number of aromatic nitrogens is 2. The van der Waals surface area contributed by atoms with Gasteiger partial charge in [0.15, 0.2) is 0 Å². The number of rotatable bonds is 5. The van der Waals surface area contributed by atoms with Gasteiger partial charge < -0.3 is 5.32 Å². The van der Waals surface area contributed by atoms with E-state index in [1.807, 2.05) is 18.2 Å². The highest BCUT2D eigenvalue weighted by atomic mass is 32.2. The molecule has 3 N–H and O–H groups in total. The van der Waals surface area contributed by atoms with E-state index in [-0.39, 0.29) is 22.1 Å². The second-order valence-electron chi connectivity index (χ2n) is 7.75. The van der Waals surface area contributed by atoms with E-state index in [1.165, 1.54) is 0 Å². The number of hydrogen-bond donors (Lipinski definition) is 2. The molecule has 1 aliphatic carbocycles. The van der Waals surface area contributed by atoms with Crippen LogP contribution in [0.15, 0.2) is 41.4 Å². The molecule has 6 nitrogen and oxygen atoms in total. The third-order valence-corrected chi connectivity index (χ3v) is 5.23. The van der Waals surface area contributed by atoms with Crippen molar-refractivity contribution in [3.63, 3.8) is 0 Å². The molecule has 7 heteroatoms. The number of anilines is 1. The number of benzene rings is 1. The normalized spacial score (nSPS) is 20.3. The fourth-order valence-corrected chi connectivity index (χ4v) is 3.74. The zero-order chi connectivity index (χ0) is 18.2. The molecule has 1 aliphatic rings. The summed E-state index contributed by atoms with van der Waals surface area (Å²) in [6.45, 7) is 7.21. The van der Waals surface area contributed by atoms with E-state index in [2.05, 4.69) is 36.1 Å². The molecule has 0 radical (unpaired) electrons. The number of hydrogen-bond acceptors (Lipinski definition) is 5. The fraction of sp³-hybridized carbons (Fsp3) is 0.444. The first kappa shape index (κ1) is 17.8. The first-order valence-electron chi connectivity index (χ1n) is 8.34. The number of sulfonamides is 1. The lowest BCUT2D eigenvalue weighted by Crippen LogP contribution is -2.20. The molecule has 2 unspecified atom stereocenters. The third kappa shape index (κ3) is 4.35. The van der Waals surface area contributed by atoms with Crippen molar-refractivity contribution >= 4 is 16.0 Å². The summed E-state index contributed by atoms with van der Waals surface area (Å²) >= 11 is 0. The van der Waals surface area contributed by atoms with Crippen LogP contribution in [0.2, 0.25) is 0 Å². The standard InChI is InChI=1S/C18H24N4O2S/c1-18(2,3)11-21-17-20-9-8-15(22-17)14-10-13(14)12-6-4-5-7-16(12)25(19,23)24/h4-9,13-14H,10-11H2,1-3H3,(H2,19,23,24)(H,20,21,22). The van der Waals surface area contributed by atoms with Crippen LogP contribution >= 0.6 is 0 Å². The average molecular weight is 360 g/mol. The zero-order valence-electron chi connectivity index (χ0n) is 14.7. The van der Waals surface area contributed by atoms with Crippen LogP contribution in [0.4, 0.5) is 5.95 Å². The van der Waals surface area contributed by atoms with Gasteiger partial charge in [0.05, 0.1) is 4.90 Å². The molecule has 0 saturated heterocycles. The van der Waals surface area contributed by atoms with Crippen LogP contribution in [0.5, 0.6) is 0 Å². The Hall–Kier alpha value is -1.99. The summed E-state index contributed by atoms with van der Waals surface area (Å²) in [6.07, 6.45) is 2.61. The summed E-state index contributed by atoms with van der Waals surface area (Å²) in [5.74, 6) is 0.929. The van der Waals surface area contributed by atoms with Crippen LogP contribution in [0.1, 0.15) is 50.3 Å². The molecule has 1 fully saturated rings. The Morgan fingerprint density at radius 1 is 1.20 bits per heavy atom. The van der Waals surface area contributed by atoms with Gasteiger partial charge in [-0.05, 0) is 35.4 Å². The molecule has 1 aromatic carbocycles. The molecule has 2 atom stereocenters. The summed E-state index contributed by atoms with van der Waals surface area (Å²) in [5.41, 5.74) is 1.84. The third-order valence-electron chi connectivity index (χ3n) is 4.25. The second-order valence-corrected chi connectivity index (χ2v) is 9.28. The predicted molar refractivity (Wildman–Crippen MR) is 97.9 cm³/mol. The van der Waals surface area contributed by atoms with E-state index in [9.17, 15) is 8.42 Å². The number of nitrogens with two attached hydrogens (primary N) is 1. The molecule has 1 aromatic heterocycles. The molecule has 2 aromatic rings. The minimum Gasteiger partial charge on any atom is -0.354 e. The summed E-state index contributed by atoms with van der Waals surface area (Å²) < 4.78 is 23.6. The van der Waals surface area contributed by atoms with Crippen molar-refractivity contribution in [2.24, 2.45) is 10.6 Å². The Morgan fingerprint density at radius 3 is 2.60 bits per heavy atom. The molecule has 1 heterocycles. The van der Waals surface area contributed by atoms with Gasteiger partial charge >= 0.3 is 0 Å². The molecule has 0 bridgehead atoms. The quantitative estimate of drug-likeness (QED) is 0.854. The molecule has 134 valence electrons. The maximum Gasteiger partial charge on any atom is 0.238 e. The SMILES string of the molecule is CC(C)(C)CNc1nccc(C2CC2c2ccccc2S(N)(=O)=O)n1. The van der Waals surface area contributed by atoms with Crippen LogP contribution in [-0.4, -0.2) is 24.9 Å². The second kappa shape index (κ2) is 6.38. The van der Waals surface area contributed by atoms with Crippen LogP contribution < -0.4 is 10.5 Å². The maximum atomic E-state index is 11.8. The lowest BCUT2D eigenvalue weighted by atomic mass is 9.97. The van der Waals surface area contributed by atoms with Gasteiger partial charge in [-0.3, -0.25) is 0 Å². The van der Waals surface area contributed by atoms with Crippen LogP contribution in [0.25, 0.3) is 0 Å². The van der Waals surface area contributed by atoms with Gasteiger partial charge in [0, 0.05) is 24.4 Å². The fourth-order valence-electron chi connectivity index (χ4n) is 2.92. The van der Waals surface area contributed by atoms with Crippen molar-refractivity contribution in [1.29, 1.82) is 0 Å². The highest BCUT2D eigenvalue weighted by Gasteiger charge is 2.42. The molecule has 25 heavy (non-hydrogen) atoms. The van der Waals surface area contributed by atoms with E-state index in [0.29, 0.717) is 5.95 Å². The average Bonchev–Trinajstić information content (AvgIpc) is 3.32. The van der Waals surface area contributed by atoms with Crippen LogP contribution in [-0.2, 0) is 10.0 Å². The first-order chi connectivity index (χ1) is 11.6. The molecule has 3 rings (SSSR count). The van der Waals surface area contributed by atoms with Gasteiger partial charge in [-0.2, -0.15) is 0 Å². The Balaban J connectivity index is 1.79. The van der Waals surface area contributed by atoms with Gasteiger partial charge in [-0.25, -0.2) is 23.5 Å². The highest BCUT2D eigenvalue weighted by molar-refractivity contribution is 7.89. The van der Waals surface area contributed by atoms with Crippen molar-refractivity contribution in [2.45, 2.75) is 43.9 Å². The predicted octanol–water partition coefficient (Wildman–Crippen LogP) is 2.85. The van der Waals surface area contributed by atoms with Crippen molar-refractivity contribution in [3.8, 4) is 0 Å². The van der Waals surface area contributed by atoms with Crippen molar-refractivity contribution in [3.05, 3.63) is 47.8 Å². The van der Waals surface area contributed by atoms with Gasteiger partial charge in [0.2, 0.25) is 16.0 Å².